The van der Waals surface area contributed by atoms with Gasteiger partial charge >= 0.3 is 0 Å². The van der Waals surface area contributed by atoms with Crippen molar-refractivity contribution in [3.05, 3.63) is 58.9 Å². The largest absolute Gasteiger partial charge is 0.382 e. The van der Waals surface area contributed by atoms with Crippen LogP contribution in [0.15, 0.2) is 30.6 Å². The van der Waals surface area contributed by atoms with Crippen LogP contribution in [0, 0.1) is 19.7 Å². The van der Waals surface area contributed by atoms with Crippen LogP contribution < -0.4 is 0 Å². The van der Waals surface area contributed by atoms with Gasteiger partial charge in [-0.25, -0.2) is 4.39 Å². The van der Waals surface area contributed by atoms with E-state index in [1.807, 2.05) is 6.92 Å². The lowest BCUT2D eigenvalue weighted by atomic mass is 10.0. The third-order valence-electron chi connectivity index (χ3n) is 2.58. The Morgan fingerprint density at radius 1 is 1.18 bits per heavy atom. The highest BCUT2D eigenvalue weighted by atomic mass is 19.1. The summed E-state index contributed by atoms with van der Waals surface area (Å²) in [6.07, 6.45) is 2.25. The van der Waals surface area contributed by atoms with E-state index in [4.69, 9.17) is 0 Å². The molecule has 0 spiro atoms. The van der Waals surface area contributed by atoms with Crippen molar-refractivity contribution >= 4 is 0 Å². The number of aromatic nitrogens is 2. The molecule has 4 heteroatoms. The summed E-state index contributed by atoms with van der Waals surface area (Å²) in [4.78, 5) is 8.17. The molecular weight excluding hydrogens is 219 g/mol. The number of hydrogen-bond acceptors (Lipinski definition) is 3. The van der Waals surface area contributed by atoms with Gasteiger partial charge in [0, 0.05) is 6.20 Å². The van der Waals surface area contributed by atoms with Crippen LogP contribution >= 0.6 is 0 Å². The molecule has 88 valence electrons. The van der Waals surface area contributed by atoms with Crippen molar-refractivity contribution in [2.24, 2.45) is 0 Å². The molecule has 0 aliphatic carbocycles. The summed E-state index contributed by atoms with van der Waals surface area (Å²) < 4.78 is 13.1. The average molecular weight is 232 g/mol. The summed E-state index contributed by atoms with van der Waals surface area (Å²) in [6, 6.07) is 4.51. The van der Waals surface area contributed by atoms with Gasteiger partial charge in [0.15, 0.2) is 0 Å². The van der Waals surface area contributed by atoms with Gasteiger partial charge in [-0.3, -0.25) is 9.97 Å². The molecule has 3 nitrogen and oxygen atoms in total. The average Bonchev–Trinajstić information content (AvgIpc) is 2.33. The van der Waals surface area contributed by atoms with Crippen LogP contribution in [0.2, 0.25) is 0 Å². The summed E-state index contributed by atoms with van der Waals surface area (Å²) in [5.74, 6) is -0.282. The molecule has 2 rings (SSSR count). The van der Waals surface area contributed by atoms with Crippen LogP contribution in [0.3, 0.4) is 0 Å². The zero-order valence-corrected chi connectivity index (χ0v) is 9.68. The smallest absolute Gasteiger partial charge is 0.126 e. The maximum atomic E-state index is 13.1. The first-order chi connectivity index (χ1) is 8.08. The summed E-state index contributed by atoms with van der Waals surface area (Å²) in [7, 11) is 0. The Kier molecular flexibility index (Phi) is 3.15. The lowest BCUT2D eigenvalue weighted by Gasteiger charge is -2.11. The van der Waals surface area contributed by atoms with Gasteiger partial charge in [0.2, 0.25) is 0 Å². The molecule has 0 bridgehead atoms. The molecule has 1 heterocycles. The zero-order valence-electron chi connectivity index (χ0n) is 9.68. The molecule has 2 aromatic rings. The van der Waals surface area contributed by atoms with Gasteiger partial charge in [-0.1, -0.05) is 12.1 Å². The van der Waals surface area contributed by atoms with Crippen LogP contribution in [0.25, 0.3) is 0 Å². The second-order valence-electron chi connectivity index (χ2n) is 3.99. The normalized spacial score (nSPS) is 12.5. The number of aryl methyl sites for hydroxylation is 2. The topological polar surface area (TPSA) is 46.0 Å². The fraction of sp³-hybridized carbons (Fsp3) is 0.231. The Hall–Kier alpha value is -1.81. The molecule has 1 aromatic carbocycles. The van der Waals surface area contributed by atoms with Crippen molar-refractivity contribution in [3.63, 3.8) is 0 Å². The number of hydrogen-bond donors (Lipinski definition) is 1. The fourth-order valence-electron chi connectivity index (χ4n) is 1.55. The summed E-state index contributed by atoms with van der Waals surface area (Å²) in [5, 5.41) is 10.1. The molecule has 0 fully saturated rings. The van der Waals surface area contributed by atoms with Crippen LogP contribution in [-0.4, -0.2) is 15.1 Å². The van der Waals surface area contributed by atoms with Gasteiger partial charge in [0.1, 0.15) is 11.9 Å². The van der Waals surface area contributed by atoms with E-state index in [0.29, 0.717) is 16.8 Å². The molecule has 0 aliphatic heterocycles. The van der Waals surface area contributed by atoms with E-state index in [9.17, 15) is 9.50 Å². The molecule has 1 atom stereocenters. The van der Waals surface area contributed by atoms with Gasteiger partial charge in [-0.05, 0) is 31.0 Å². The van der Waals surface area contributed by atoms with Gasteiger partial charge in [-0.2, -0.15) is 0 Å². The standard InChI is InChI=1S/C13H13FN2O/c1-8-5-10(3-4-11(8)14)13(17)12-7-15-9(2)6-16-12/h3-7,13,17H,1-2H3. The molecular formula is C13H13FN2O. The minimum atomic E-state index is -0.873. The van der Waals surface area contributed by atoms with E-state index in [1.54, 1.807) is 25.3 Å². The second-order valence-corrected chi connectivity index (χ2v) is 3.99. The summed E-state index contributed by atoms with van der Waals surface area (Å²) >= 11 is 0. The van der Waals surface area contributed by atoms with Crippen LogP contribution in [0.4, 0.5) is 4.39 Å². The van der Waals surface area contributed by atoms with Gasteiger partial charge in [-0.15, -0.1) is 0 Å². The number of halogens is 1. The Morgan fingerprint density at radius 3 is 2.53 bits per heavy atom. The fourth-order valence-corrected chi connectivity index (χ4v) is 1.55. The first-order valence-corrected chi connectivity index (χ1v) is 5.30. The van der Waals surface area contributed by atoms with Gasteiger partial charge < -0.3 is 5.11 Å². The highest BCUT2D eigenvalue weighted by Gasteiger charge is 2.13. The molecule has 0 saturated heterocycles. The van der Waals surface area contributed by atoms with Crippen molar-refractivity contribution in [1.82, 2.24) is 9.97 Å². The van der Waals surface area contributed by atoms with Crippen molar-refractivity contribution < 1.29 is 9.50 Å². The van der Waals surface area contributed by atoms with E-state index in [2.05, 4.69) is 9.97 Å². The molecule has 0 amide bonds. The Bertz CT molecular complexity index is 525. The Balaban J connectivity index is 2.33. The second kappa shape index (κ2) is 4.59. The van der Waals surface area contributed by atoms with E-state index in [0.717, 1.165) is 5.69 Å². The monoisotopic (exact) mass is 232 g/mol. The molecule has 1 N–H and O–H groups in total. The Morgan fingerprint density at radius 2 is 1.94 bits per heavy atom. The minimum Gasteiger partial charge on any atom is -0.382 e. The van der Waals surface area contributed by atoms with E-state index >= 15 is 0 Å². The summed E-state index contributed by atoms with van der Waals surface area (Å²) in [6.45, 7) is 3.48. The highest BCUT2D eigenvalue weighted by Crippen LogP contribution is 2.21. The molecule has 0 aliphatic rings. The predicted molar refractivity (Wildman–Crippen MR) is 62.0 cm³/mol. The molecule has 1 unspecified atom stereocenters. The van der Waals surface area contributed by atoms with Crippen molar-refractivity contribution in [1.29, 1.82) is 0 Å². The molecule has 0 radical (unpaired) electrons. The number of nitrogens with zero attached hydrogens (tertiary/aromatic N) is 2. The van der Waals surface area contributed by atoms with Crippen LogP contribution in [0.5, 0.6) is 0 Å². The first-order valence-electron chi connectivity index (χ1n) is 5.30. The zero-order chi connectivity index (χ0) is 12.4. The lowest BCUT2D eigenvalue weighted by Crippen LogP contribution is -2.04. The number of benzene rings is 1. The number of aliphatic hydroxyl groups excluding tert-OH is 1. The van der Waals surface area contributed by atoms with Gasteiger partial charge in [0.05, 0.1) is 17.6 Å². The van der Waals surface area contributed by atoms with Crippen LogP contribution in [-0.2, 0) is 0 Å². The maximum Gasteiger partial charge on any atom is 0.126 e. The predicted octanol–water partition coefficient (Wildman–Crippen LogP) is 2.31. The minimum absolute atomic E-state index is 0.282. The quantitative estimate of drug-likeness (QED) is 0.864. The SMILES string of the molecule is Cc1cnc(C(O)c2ccc(F)c(C)c2)cn1. The van der Waals surface area contributed by atoms with E-state index in [1.165, 1.54) is 12.3 Å². The van der Waals surface area contributed by atoms with Gasteiger partial charge in [0.25, 0.3) is 0 Å². The molecule has 0 saturated carbocycles. The van der Waals surface area contributed by atoms with E-state index in [-0.39, 0.29) is 5.82 Å². The first kappa shape index (κ1) is 11.7. The third kappa shape index (κ3) is 2.47. The van der Waals surface area contributed by atoms with Crippen molar-refractivity contribution in [3.8, 4) is 0 Å². The number of aliphatic hydroxyl groups is 1. The third-order valence-corrected chi connectivity index (χ3v) is 2.58. The van der Waals surface area contributed by atoms with Crippen molar-refractivity contribution in [2.75, 3.05) is 0 Å². The van der Waals surface area contributed by atoms with Crippen molar-refractivity contribution in [2.45, 2.75) is 20.0 Å². The molecule has 1 aromatic heterocycles. The van der Waals surface area contributed by atoms with Crippen LogP contribution in [0.1, 0.15) is 28.6 Å². The lowest BCUT2D eigenvalue weighted by molar-refractivity contribution is 0.214. The molecule has 17 heavy (non-hydrogen) atoms. The maximum absolute atomic E-state index is 13.1. The number of rotatable bonds is 2. The highest BCUT2D eigenvalue weighted by molar-refractivity contribution is 5.29. The summed E-state index contributed by atoms with van der Waals surface area (Å²) in [5.41, 5.74) is 2.36. The Labute approximate surface area is 99.0 Å². The van der Waals surface area contributed by atoms with E-state index < -0.39 is 6.10 Å².